The first-order valence-corrected chi connectivity index (χ1v) is 11.6. The van der Waals surface area contributed by atoms with E-state index >= 15 is 0 Å². The number of carbonyl (C=O) groups is 2. The zero-order chi connectivity index (χ0) is 23.6. The van der Waals surface area contributed by atoms with E-state index in [0.717, 1.165) is 41.5 Å². The standard InChI is InChI=1S/C28H31NO4/c1-19-7-5-8-22(16-19)10-13-28(33-26(30)23-17-20(2)15-21(3)18-23)12-6-9-25-24(28)11-14-29(25)27(31)32-4/h5,7-8,15-18,24-25H,6,9,11-12,14H2,1-4H3/t24-,25-,28-/m1/s1. The fraction of sp³-hybridized carbons (Fsp3) is 0.429. The summed E-state index contributed by atoms with van der Waals surface area (Å²) in [5.41, 5.74) is 3.63. The summed E-state index contributed by atoms with van der Waals surface area (Å²) in [6, 6.07) is 13.7. The van der Waals surface area contributed by atoms with E-state index in [4.69, 9.17) is 9.47 Å². The second-order valence-electron chi connectivity index (χ2n) is 9.29. The van der Waals surface area contributed by atoms with Crippen molar-refractivity contribution < 1.29 is 19.1 Å². The fourth-order valence-corrected chi connectivity index (χ4v) is 5.38. The van der Waals surface area contributed by atoms with Crippen LogP contribution in [0.15, 0.2) is 42.5 Å². The molecule has 1 saturated carbocycles. The smallest absolute Gasteiger partial charge is 0.409 e. The van der Waals surface area contributed by atoms with Crippen molar-refractivity contribution in [3.05, 3.63) is 70.3 Å². The van der Waals surface area contributed by atoms with Gasteiger partial charge in [0, 0.05) is 24.1 Å². The number of methoxy groups -OCH3 is 1. The van der Waals surface area contributed by atoms with E-state index in [9.17, 15) is 9.59 Å². The van der Waals surface area contributed by atoms with Crippen molar-refractivity contribution >= 4 is 12.1 Å². The molecular weight excluding hydrogens is 414 g/mol. The molecule has 33 heavy (non-hydrogen) atoms. The summed E-state index contributed by atoms with van der Waals surface area (Å²) < 4.78 is 11.3. The SMILES string of the molecule is COC(=O)N1CC[C@@H]2[C@H]1CCC[C@]2(C#Cc1cccc(C)c1)OC(=O)c1cc(C)cc(C)c1. The average Bonchev–Trinajstić information content (AvgIpc) is 3.22. The van der Waals surface area contributed by atoms with E-state index in [0.29, 0.717) is 18.5 Å². The first-order chi connectivity index (χ1) is 15.8. The summed E-state index contributed by atoms with van der Waals surface area (Å²) in [6.45, 7) is 6.55. The predicted molar refractivity (Wildman–Crippen MR) is 127 cm³/mol. The molecule has 2 aromatic carbocycles. The number of aryl methyl sites for hydroxylation is 3. The Morgan fingerprint density at radius 3 is 2.48 bits per heavy atom. The minimum absolute atomic E-state index is 0.0509. The largest absolute Gasteiger partial charge is 0.453 e. The van der Waals surface area contributed by atoms with Gasteiger partial charge in [-0.3, -0.25) is 0 Å². The summed E-state index contributed by atoms with van der Waals surface area (Å²) in [6.07, 6.45) is 2.72. The van der Waals surface area contributed by atoms with Gasteiger partial charge in [-0.05, 0) is 82.2 Å². The van der Waals surface area contributed by atoms with E-state index in [1.807, 2.05) is 63.2 Å². The highest BCUT2D eigenvalue weighted by Gasteiger charge is 2.53. The van der Waals surface area contributed by atoms with E-state index in [2.05, 4.69) is 11.8 Å². The molecule has 1 heterocycles. The molecule has 3 atom stereocenters. The van der Waals surface area contributed by atoms with Crippen LogP contribution in [0.4, 0.5) is 4.79 Å². The van der Waals surface area contributed by atoms with Crippen molar-refractivity contribution in [2.45, 2.75) is 58.1 Å². The van der Waals surface area contributed by atoms with Gasteiger partial charge >= 0.3 is 12.1 Å². The third-order valence-electron chi connectivity index (χ3n) is 6.77. The van der Waals surface area contributed by atoms with Gasteiger partial charge in [0.1, 0.15) is 0 Å². The second kappa shape index (κ2) is 9.31. The Bertz CT molecular complexity index is 1110. The third-order valence-corrected chi connectivity index (χ3v) is 6.77. The maximum Gasteiger partial charge on any atom is 0.409 e. The molecule has 172 valence electrons. The number of rotatable bonds is 2. The molecule has 2 aromatic rings. The van der Waals surface area contributed by atoms with Crippen LogP contribution in [0.5, 0.6) is 0 Å². The number of hydrogen-bond acceptors (Lipinski definition) is 4. The molecule has 0 radical (unpaired) electrons. The highest BCUT2D eigenvalue weighted by Crippen LogP contribution is 2.45. The number of nitrogens with zero attached hydrogens (tertiary/aromatic N) is 1. The first kappa shape index (κ1) is 22.9. The molecule has 2 aliphatic rings. The molecule has 1 aliphatic carbocycles. The van der Waals surface area contributed by atoms with Crippen LogP contribution in [0, 0.1) is 38.5 Å². The Hall–Kier alpha value is -3.26. The molecule has 0 bridgehead atoms. The highest BCUT2D eigenvalue weighted by molar-refractivity contribution is 5.90. The summed E-state index contributed by atoms with van der Waals surface area (Å²) >= 11 is 0. The minimum Gasteiger partial charge on any atom is -0.453 e. The fourth-order valence-electron chi connectivity index (χ4n) is 5.38. The number of fused-ring (bicyclic) bond motifs is 1. The lowest BCUT2D eigenvalue weighted by atomic mass is 9.72. The lowest BCUT2D eigenvalue weighted by Crippen LogP contribution is -2.51. The van der Waals surface area contributed by atoms with E-state index in [1.54, 1.807) is 4.90 Å². The molecule has 2 fully saturated rings. The number of ether oxygens (including phenoxy) is 2. The Morgan fingerprint density at radius 1 is 1.03 bits per heavy atom. The van der Waals surface area contributed by atoms with Crippen LogP contribution in [0.25, 0.3) is 0 Å². The lowest BCUT2D eigenvalue weighted by Gasteiger charge is -2.42. The molecule has 5 nitrogen and oxygen atoms in total. The number of likely N-dealkylation sites (tertiary alicyclic amines) is 1. The molecule has 1 amide bonds. The molecule has 0 spiro atoms. The number of amides is 1. The van der Waals surface area contributed by atoms with Crippen molar-refractivity contribution in [3.8, 4) is 11.8 Å². The highest BCUT2D eigenvalue weighted by atomic mass is 16.6. The second-order valence-corrected chi connectivity index (χ2v) is 9.29. The Balaban J connectivity index is 1.73. The van der Waals surface area contributed by atoms with Crippen LogP contribution in [-0.2, 0) is 9.47 Å². The van der Waals surface area contributed by atoms with Crippen LogP contribution in [0.1, 0.15) is 58.3 Å². The molecule has 0 unspecified atom stereocenters. The van der Waals surface area contributed by atoms with Gasteiger partial charge < -0.3 is 14.4 Å². The van der Waals surface area contributed by atoms with Gasteiger partial charge in [0.15, 0.2) is 5.60 Å². The predicted octanol–water partition coefficient (Wildman–Crippen LogP) is 5.20. The van der Waals surface area contributed by atoms with Gasteiger partial charge in [-0.1, -0.05) is 35.2 Å². The van der Waals surface area contributed by atoms with Crippen LogP contribution in [-0.4, -0.2) is 42.3 Å². The Labute approximate surface area is 196 Å². The van der Waals surface area contributed by atoms with Gasteiger partial charge in [-0.15, -0.1) is 0 Å². The lowest BCUT2D eigenvalue weighted by molar-refractivity contribution is -0.0445. The molecule has 4 rings (SSSR count). The zero-order valence-corrected chi connectivity index (χ0v) is 19.8. The van der Waals surface area contributed by atoms with Crippen molar-refractivity contribution in [1.82, 2.24) is 4.90 Å². The topological polar surface area (TPSA) is 55.8 Å². The molecule has 0 N–H and O–H groups in total. The molecule has 5 heteroatoms. The summed E-state index contributed by atoms with van der Waals surface area (Å²) in [5.74, 6) is 6.25. The van der Waals surface area contributed by atoms with Gasteiger partial charge in [-0.2, -0.15) is 0 Å². The monoisotopic (exact) mass is 445 g/mol. The molecule has 1 aliphatic heterocycles. The van der Waals surface area contributed by atoms with Gasteiger partial charge in [-0.25, -0.2) is 9.59 Å². The van der Waals surface area contributed by atoms with E-state index in [1.165, 1.54) is 7.11 Å². The normalized spacial score (nSPS) is 23.8. The number of carbonyl (C=O) groups excluding carboxylic acids is 2. The van der Waals surface area contributed by atoms with Crippen LogP contribution >= 0.6 is 0 Å². The first-order valence-electron chi connectivity index (χ1n) is 11.6. The van der Waals surface area contributed by atoms with Crippen LogP contribution < -0.4 is 0 Å². The molecule has 1 saturated heterocycles. The molecule has 0 aromatic heterocycles. The number of hydrogen-bond donors (Lipinski definition) is 0. The van der Waals surface area contributed by atoms with Gasteiger partial charge in [0.25, 0.3) is 0 Å². The summed E-state index contributed by atoms with van der Waals surface area (Å²) in [4.78, 5) is 27.5. The van der Waals surface area contributed by atoms with E-state index in [-0.39, 0.29) is 24.0 Å². The van der Waals surface area contributed by atoms with Gasteiger partial charge in [0.05, 0.1) is 12.7 Å². The summed E-state index contributed by atoms with van der Waals surface area (Å²) in [7, 11) is 1.41. The van der Waals surface area contributed by atoms with Crippen molar-refractivity contribution in [2.75, 3.05) is 13.7 Å². The maximum atomic E-state index is 13.4. The van der Waals surface area contributed by atoms with Crippen molar-refractivity contribution in [3.63, 3.8) is 0 Å². The van der Waals surface area contributed by atoms with Gasteiger partial charge in [0.2, 0.25) is 0 Å². The Kier molecular flexibility index (Phi) is 6.47. The number of benzene rings is 2. The number of esters is 1. The molecular formula is C28H31NO4. The van der Waals surface area contributed by atoms with Crippen LogP contribution in [0.3, 0.4) is 0 Å². The van der Waals surface area contributed by atoms with Crippen molar-refractivity contribution in [1.29, 1.82) is 0 Å². The third kappa shape index (κ3) is 4.75. The average molecular weight is 446 g/mol. The zero-order valence-electron chi connectivity index (χ0n) is 19.8. The quantitative estimate of drug-likeness (QED) is 0.471. The minimum atomic E-state index is -0.954. The summed E-state index contributed by atoms with van der Waals surface area (Å²) in [5, 5.41) is 0. The van der Waals surface area contributed by atoms with E-state index < -0.39 is 5.60 Å². The maximum absolute atomic E-state index is 13.4. The van der Waals surface area contributed by atoms with Crippen LogP contribution in [0.2, 0.25) is 0 Å². The Morgan fingerprint density at radius 2 is 1.79 bits per heavy atom. The van der Waals surface area contributed by atoms with Crippen molar-refractivity contribution in [2.24, 2.45) is 5.92 Å².